The fourth-order valence-electron chi connectivity index (χ4n) is 1.47. The van der Waals surface area contributed by atoms with Crippen LogP contribution in [0, 0.1) is 0 Å². The van der Waals surface area contributed by atoms with Gasteiger partial charge in [-0.3, -0.25) is 0 Å². The molecule has 0 aliphatic carbocycles. The van der Waals surface area contributed by atoms with E-state index in [0.717, 1.165) is 5.56 Å². The highest BCUT2D eigenvalue weighted by atomic mass is 32.1. The van der Waals surface area contributed by atoms with Gasteiger partial charge in [0.05, 0.1) is 0 Å². The van der Waals surface area contributed by atoms with Gasteiger partial charge in [0.15, 0.2) is 5.82 Å². The minimum absolute atomic E-state index is 0.0297. The number of halogens is 2. The summed E-state index contributed by atoms with van der Waals surface area (Å²) in [5.41, 5.74) is 0.940. The van der Waals surface area contributed by atoms with E-state index in [4.69, 9.17) is 4.74 Å². The second-order valence-corrected chi connectivity index (χ2v) is 4.60. The van der Waals surface area contributed by atoms with Crippen molar-refractivity contribution in [1.82, 2.24) is 9.36 Å². The Morgan fingerprint density at radius 2 is 2.05 bits per heavy atom. The van der Waals surface area contributed by atoms with Gasteiger partial charge in [0.1, 0.15) is 6.61 Å². The second kappa shape index (κ2) is 6.53. The summed E-state index contributed by atoms with van der Waals surface area (Å²) >= 11 is 1.24. The van der Waals surface area contributed by atoms with Gasteiger partial charge < -0.3 is 10.1 Å². The van der Waals surface area contributed by atoms with E-state index < -0.39 is 6.43 Å². The molecule has 1 aromatic heterocycles. The number of nitrogens with one attached hydrogen (secondary N) is 1. The predicted octanol–water partition coefficient (Wildman–Crippen LogP) is 3.23. The van der Waals surface area contributed by atoms with E-state index in [1.807, 2.05) is 0 Å². The van der Waals surface area contributed by atoms with Crippen molar-refractivity contribution in [3.63, 3.8) is 0 Å². The molecule has 2 rings (SSSR count). The molecule has 102 valence electrons. The molecule has 0 atom stereocenters. The van der Waals surface area contributed by atoms with Crippen LogP contribution in [0.25, 0.3) is 0 Å². The van der Waals surface area contributed by atoms with E-state index in [0.29, 0.717) is 24.1 Å². The van der Waals surface area contributed by atoms with Crippen molar-refractivity contribution in [2.75, 3.05) is 12.4 Å². The number of alkyl halides is 2. The van der Waals surface area contributed by atoms with Gasteiger partial charge in [-0.15, -0.1) is 0 Å². The predicted molar refractivity (Wildman–Crippen MR) is 69.3 cm³/mol. The van der Waals surface area contributed by atoms with Crippen molar-refractivity contribution >= 4 is 16.7 Å². The van der Waals surface area contributed by atoms with Gasteiger partial charge in [-0.05, 0) is 5.56 Å². The number of hydrogen-bond donors (Lipinski definition) is 1. The lowest BCUT2D eigenvalue weighted by Gasteiger charge is -2.04. The first-order chi connectivity index (χ1) is 9.19. The zero-order valence-corrected chi connectivity index (χ0v) is 11.1. The molecule has 4 nitrogen and oxygen atoms in total. The summed E-state index contributed by atoms with van der Waals surface area (Å²) in [5.74, 6) is 0.628. The van der Waals surface area contributed by atoms with Crippen molar-refractivity contribution in [3.05, 3.63) is 41.2 Å². The van der Waals surface area contributed by atoms with E-state index in [1.165, 1.54) is 23.7 Å². The normalized spacial score (nSPS) is 10.9. The molecule has 7 heteroatoms. The van der Waals surface area contributed by atoms with Gasteiger partial charge in [-0.1, -0.05) is 24.3 Å². The standard InChI is InChI=1S/C12H13F2N3OS/c1-18-7-10-16-12(19-17-10)15-6-8-2-4-9(5-3-8)11(13)14/h2-5,11H,6-7H2,1H3,(H,15,16,17). The number of anilines is 1. The SMILES string of the molecule is COCc1nsc(NCc2ccc(C(F)F)cc2)n1. The van der Waals surface area contributed by atoms with E-state index in [9.17, 15) is 8.78 Å². The van der Waals surface area contributed by atoms with Crippen LogP contribution < -0.4 is 5.32 Å². The summed E-state index contributed by atoms with van der Waals surface area (Å²) in [7, 11) is 1.58. The van der Waals surface area contributed by atoms with Crippen molar-refractivity contribution in [2.24, 2.45) is 0 Å². The first-order valence-corrected chi connectivity index (χ1v) is 6.38. The lowest BCUT2D eigenvalue weighted by Crippen LogP contribution is -1.99. The van der Waals surface area contributed by atoms with Gasteiger partial charge in [0, 0.05) is 30.8 Å². The minimum Gasteiger partial charge on any atom is -0.377 e. The van der Waals surface area contributed by atoms with Crippen molar-refractivity contribution in [1.29, 1.82) is 0 Å². The summed E-state index contributed by atoms with van der Waals surface area (Å²) in [4.78, 5) is 4.21. The van der Waals surface area contributed by atoms with E-state index in [2.05, 4.69) is 14.7 Å². The molecular weight excluding hydrogens is 272 g/mol. The first-order valence-electron chi connectivity index (χ1n) is 5.61. The molecule has 0 amide bonds. The minimum atomic E-state index is -2.43. The molecular formula is C12H13F2N3OS. The summed E-state index contributed by atoms with van der Waals surface area (Å²) in [6, 6.07) is 6.20. The number of methoxy groups -OCH3 is 1. The quantitative estimate of drug-likeness (QED) is 0.885. The lowest BCUT2D eigenvalue weighted by atomic mass is 10.1. The molecule has 1 N–H and O–H groups in total. The zero-order chi connectivity index (χ0) is 13.7. The van der Waals surface area contributed by atoms with E-state index in [-0.39, 0.29) is 5.56 Å². The third-order valence-electron chi connectivity index (χ3n) is 2.42. The maximum Gasteiger partial charge on any atom is 0.263 e. The zero-order valence-electron chi connectivity index (χ0n) is 10.3. The first kappa shape index (κ1) is 13.8. The largest absolute Gasteiger partial charge is 0.377 e. The summed E-state index contributed by atoms with van der Waals surface area (Å²) < 4.78 is 33.8. The average molecular weight is 285 g/mol. The molecule has 0 saturated carbocycles. The van der Waals surface area contributed by atoms with Crippen LogP contribution in [0.1, 0.15) is 23.4 Å². The molecule has 0 radical (unpaired) electrons. The smallest absolute Gasteiger partial charge is 0.263 e. The number of benzene rings is 1. The summed E-state index contributed by atoms with van der Waals surface area (Å²) in [5, 5.41) is 3.78. The van der Waals surface area contributed by atoms with Crippen LogP contribution in [0.3, 0.4) is 0 Å². The van der Waals surface area contributed by atoms with Gasteiger partial charge in [0.2, 0.25) is 5.13 Å². The van der Waals surface area contributed by atoms with Gasteiger partial charge >= 0.3 is 0 Å². The highest BCUT2D eigenvalue weighted by molar-refractivity contribution is 7.09. The molecule has 1 aromatic carbocycles. The topological polar surface area (TPSA) is 47.0 Å². The number of rotatable bonds is 6. The average Bonchev–Trinajstić information content (AvgIpc) is 2.85. The molecule has 2 aromatic rings. The lowest BCUT2D eigenvalue weighted by molar-refractivity contribution is 0.151. The number of aromatic nitrogens is 2. The van der Waals surface area contributed by atoms with E-state index >= 15 is 0 Å². The third-order valence-corrected chi connectivity index (χ3v) is 3.13. The molecule has 0 aliphatic heterocycles. The number of nitrogens with zero attached hydrogens (tertiary/aromatic N) is 2. The Morgan fingerprint density at radius 3 is 2.68 bits per heavy atom. The Hall–Kier alpha value is -1.60. The Balaban J connectivity index is 1.90. The van der Waals surface area contributed by atoms with Gasteiger partial charge in [-0.25, -0.2) is 13.8 Å². The Bertz CT molecular complexity index is 516. The Morgan fingerprint density at radius 1 is 1.32 bits per heavy atom. The van der Waals surface area contributed by atoms with Crippen LogP contribution in [0.4, 0.5) is 13.9 Å². The summed E-state index contributed by atoms with van der Waals surface area (Å²) in [6.07, 6.45) is -2.43. The molecule has 0 spiro atoms. The van der Waals surface area contributed by atoms with Crippen LogP contribution >= 0.6 is 11.5 Å². The highest BCUT2D eigenvalue weighted by Crippen LogP contribution is 2.19. The van der Waals surface area contributed by atoms with Crippen molar-refractivity contribution < 1.29 is 13.5 Å². The number of ether oxygens (including phenoxy) is 1. The number of hydrogen-bond acceptors (Lipinski definition) is 5. The van der Waals surface area contributed by atoms with Crippen LogP contribution in [-0.4, -0.2) is 16.5 Å². The van der Waals surface area contributed by atoms with Crippen LogP contribution in [-0.2, 0) is 17.9 Å². The second-order valence-electron chi connectivity index (χ2n) is 3.84. The van der Waals surface area contributed by atoms with Crippen LogP contribution in [0.2, 0.25) is 0 Å². The van der Waals surface area contributed by atoms with Gasteiger partial charge in [-0.2, -0.15) is 4.37 Å². The Kier molecular flexibility index (Phi) is 4.75. The molecule has 1 heterocycles. The molecule has 19 heavy (non-hydrogen) atoms. The molecule has 0 saturated heterocycles. The van der Waals surface area contributed by atoms with Crippen LogP contribution in [0.5, 0.6) is 0 Å². The van der Waals surface area contributed by atoms with Crippen LogP contribution in [0.15, 0.2) is 24.3 Å². The third kappa shape index (κ3) is 3.93. The molecule has 0 bridgehead atoms. The summed E-state index contributed by atoms with van der Waals surface area (Å²) in [6.45, 7) is 0.895. The fraction of sp³-hybridized carbons (Fsp3) is 0.333. The molecule has 0 fully saturated rings. The maximum atomic E-state index is 12.4. The monoisotopic (exact) mass is 285 g/mol. The highest BCUT2D eigenvalue weighted by Gasteiger charge is 2.06. The van der Waals surface area contributed by atoms with E-state index in [1.54, 1.807) is 19.2 Å². The van der Waals surface area contributed by atoms with Crippen molar-refractivity contribution in [3.8, 4) is 0 Å². The van der Waals surface area contributed by atoms with Crippen molar-refractivity contribution in [2.45, 2.75) is 19.6 Å². The molecule has 0 unspecified atom stereocenters. The Labute approximate surface area is 113 Å². The fourth-order valence-corrected chi connectivity index (χ4v) is 2.04. The maximum absolute atomic E-state index is 12.4. The molecule has 0 aliphatic rings. The van der Waals surface area contributed by atoms with Gasteiger partial charge in [0.25, 0.3) is 6.43 Å².